The van der Waals surface area contributed by atoms with Crippen LogP contribution in [0.3, 0.4) is 0 Å². The third kappa shape index (κ3) is 4.24. The molecule has 2 heterocycles. The van der Waals surface area contributed by atoms with Crippen molar-refractivity contribution in [3.8, 4) is 0 Å². The van der Waals surface area contributed by atoms with Crippen molar-refractivity contribution in [1.82, 2.24) is 10.2 Å². The molecule has 2 saturated heterocycles. The Morgan fingerprint density at radius 2 is 2.10 bits per heavy atom. The van der Waals surface area contributed by atoms with E-state index >= 15 is 0 Å². The Morgan fingerprint density at radius 3 is 2.90 bits per heavy atom. The standard InChI is InChI=1S/C17H26N2S/c1-2-4-15(5-3-1)6-9-19-10-7-17(13-19)18-12-16-8-11-20-14-16/h1-5,16-18H,6-14H2. The van der Waals surface area contributed by atoms with Crippen LogP contribution in [0.2, 0.25) is 0 Å². The maximum atomic E-state index is 3.80. The van der Waals surface area contributed by atoms with Crippen LogP contribution in [0.25, 0.3) is 0 Å². The van der Waals surface area contributed by atoms with Crippen LogP contribution < -0.4 is 5.32 Å². The Balaban J connectivity index is 1.34. The van der Waals surface area contributed by atoms with Crippen molar-refractivity contribution in [2.45, 2.75) is 25.3 Å². The highest BCUT2D eigenvalue weighted by atomic mass is 32.2. The van der Waals surface area contributed by atoms with Gasteiger partial charge in [0.05, 0.1) is 0 Å². The van der Waals surface area contributed by atoms with Gasteiger partial charge in [0, 0.05) is 19.1 Å². The van der Waals surface area contributed by atoms with Crippen LogP contribution in [-0.4, -0.2) is 48.6 Å². The van der Waals surface area contributed by atoms with E-state index in [0.717, 1.165) is 12.0 Å². The minimum absolute atomic E-state index is 0.733. The molecule has 3 rings (SSSR count). The van der Waals surface area contributed by atoms with Crippen LogP contribution in [0.4, 0.5) is 0 Å². The average molecular weight is 290 g/mol. The van der Waals surface area contributed by atoms with Crippen molar-refractivity contribution in [3.05, 3.63) is 35.9 Å². The predicted molar refractivity (Wildman–Crippen MR) is 88.4 cm³/mol. The molecule has 2 nitrogen and oxygen atoms in total. The molecule has 110 valence electrons. The van der Waals surface area contributed by atoms with Gasteiger partial charge in [0.1, 0.15) is 0 Å². The molecule has 2 aliphatic rings. The summed E-state index contributed by atoms with van der Waals surface area (Å²) in [5, 5.41) is 3.80. The summed E-state index contributed by atoms with van der Waals surface area (Å²) in [6.45, 7) is 4.96. The molecule has 0 aliphatic carbocycles. The number of thioether (sulfide) groups is 1. The lowest BCUT2D eigenvalue weighted by atomic mass is 10.1. The summed E-state index contributed by atoms with van der Waals surface area (Å²) in [7, 11) is 0. The van der Waals surface area contributed by atoms with E-state index in [4.69, 9.17) is 0 Å². The van der Waals surface area contributed by atoms with E-state index in [1.807, 2.05) is 0 Å². The van der Waals surface area contributed by atoms with Crippen molar-refractivity contribution >= 4 is 11.8 Å². The highest BCUT2D eigenvalue weighted by molar-refractivity contribution is 7.99. The third-order valence-corrected chi connectivity index (χ3v) is 5.78. The zero-order chi connectivity index (χ0) is 13.6. The van der Waals surface area contributed by atoms with Crippen LogP contribution in [0.5, 0.6) is 0 Å². The molecule has 2 aliphatic heterocycles. The van der Waals surface area contributed by atoms with E-state index in [1.165, 1.54) is 62.5 Å². The van der Waals surface area contributed by atoms with Crippen molar-refractivity contribution in [2.75, 3.05) is 37.7 Å². The topological polar surface area (TPSA) is 15.3 Å². The fraction of sp³-hybridized carbons (Fsp3) is 0.647. The van der Waals surface area contributed by atoms with Gasteiger partial charge in [-0.1, -0.05) is 30.3 Å². The Bertz CT molecular complexity index is 389. The SMILES string of the molecule is c1ccc(CCN2CCC(NCC3CCSC3)C2)cc1. The van der Waals surface area contributed by atoms with Gasteiger partial charge in [0.15, 0.2) is 0 Å². The van der Waals surface area contributed by atoms with Crippen molar-refractivity contribution in [1.29, 1.82) is 0 Å². The van der Waals surface area contributed by atoms with E-state index in [0.29, 0.717) is 0 Å². The molecule has 0 radical (unpaired) electrons. The average Bonchev–Trinajstić information content (AvgIpc) is 3.16. The minimum atomic E-state index is 0.733. The molecule has 0 amide bonds. The van der Waals surface area contributed by atoms with Crippen molar-refractivity contribution in [3.63, 3.8) is 0 Å². The van der Waals surface area contributed by atoms with E-state index in [-0.39, 0.29) is 0 Å². The third-order valence-electron chi connectivity index (χ3n) is 4.55. The number of nitrogens with one attached hydrogen (secondary N) is 1. The molecule has 2 unspecified atom stereocenters. The van der Waals surface area contributed by atoms with E-state index in [2.05, 4.69) is 52.3 Å². The quantitative estimate of drug-likeness (QED) is 0.867. The molecule has 1 aromatic rings. The second-order valence-corrected chi connectivity index (χ2v) is 7.31. The molecule has 2 atom stereocenters. The fourth-order valence-electron chi connectivity index (χ4n) is 3.21. The molecular weight excluding hydrogens is 264 g/mol. The fourth-order valence-corrected chi connectivity index (χ4v) is 4.50. The smallest absolute Gasteiger partial charge is 0.0207 e. The van der Waals surface area contributed by atoms with Gasteiger partial charge in [0.25, 0.3) is 0 Å². The Kier molecular flexibility index (Phi) is 5.40. The molecular formula is C17H26N2S. The molecule has 0 spiro atoms. The zero-order valence-corrected chi connectivity index (χ0v) is 13.1. The zero-order valence-electron chi connectivity index (χ0n) is 12.3. The monoisotopic (exact) mass is 290 g/mol. The van der Waals surface area contributed by atoms with Crippen LogP contribution in [0.1, 0.15) is 18.4 Å². The largest absolute Gasteiger partial charge is 0.312 e. The van der Waals surface area contributed by atoms with Crippen LogP contribution in [0.15, 0.2) is 30.3 Å². The summed E-state index contributed by atoms with van der Waals surface area (Å²) in [6.07, 6.45) is 3.93. The van der Waals surface area contributed by atoms with Gasteiger partial charge < -0.3 is 10.2 Å². The molecule has 2 fully saturated rings. The first-order chi connectivity index (χ1) is 9.90. The first-order valence-electron chi connectivity index (χ1n) is 7.97. The molecule has 3 heteroatoms. The van der Waals surface area contributed by atoms with Crippen molar-refractivity contribution in [2.24, 2.45) is 5.92 Å². The number of rotatable bonds is 6. The first-order valence-corrected chi connectivity index (χ1v) is 9.13. The lowest BCUT2D eigenvalue weighted by molar-refractivity contribution is 0.329. The lowest BCUT2D eigenvalue weighted by Gasteiger charge is -2.18. The Hall–Kier alpha value is -0.510. The van der Waals surface area contributed by atoms with Crippen LogP contribution in [-0.2, 0) is 6.42 Å². The molecule has 0 aromatic heterocycles. The van der Waals surface area contributed by atoms with E-state index in [1.54, 1.807) is 0 Å². The number of benzene rings is 1. The van der Waals surface area contributed by atoms with E-state index in [9.17, 15) is 0 Å². The summed E-state index contributed by atoms with van der Waals surface area (Å²) in [6, 6.07) is 11.6. The second-order valence-electron chi connectivity index (χ2n) is 6.16. The summed E-state index contributed by atoms with van der Waals surface area (Å²) >= 11 is 2.12. The molecule has 0 bridgehead atoms. The highest BCUT2D eigenvalue weighted by Crippen LogP contribution is 2.23. The number of hydrogen-bond donors (Lipinski definition) is 1. The van der Waals surface area contributed by atoms with Gasteiger partial charge in [-0.15, -0.1) is 0 Å². The maximum absolute atomic E-state index is 3.80. The van der Waals surface area contributed by atoms with Crippen LogP contribution in [0, 0.1) is 5.92 Å². The van der Waals surface area contributed by atoms with Crippen LogP contribution >= 0.6 is 11.8 Å². The molecule has 0 saturated carbocycles. The van der Waals surface area contributed by atoms with Gasteiger partial charge in [-0.3, -0.25) is 0 Å². The van der Waals surface area contributed by atoms with E-state index < -0.39 is 0 Å². The maximum Gasteiger partial charge on any atom is 0.0207 e. The Morgan fingerprint density at radius 1 is 1.20 bits per heavy atom. The Labute approximate surface area is 127 Å². The number of nitrogens with zero attached hydrogens (tertiary/aromatic N) is 1. The lowest BCUT2D eigenvalue weighted by Crippen LogP contribution is -2.36. The van der Waals surface area contributed by atoms with Gasteiger partial charge in [-0.25, -0.2) is 0 Å². The van der Waals surface area contributed by atoms with Gasteiger partial charge in [-0.2, -0.15) is 11.8 Å². The summed E-state index contributed by atoms with van der Waals surface area (Å²) in [5.41, 5.74) is 1.46. The normalized spacial score (nSPS) is 27.2. The first kappa shape index (κ1) is 14.4. The van der Waals surface area contributed by atoms with Crippen molar-refractivity contribution < 1.29 is 0 Å². The molecule has 1 N–H and O–H groups in total. The summed E-state index contributed by atoms with van der Waals surface area (Å²) in [4.78, 5) is 2.62. The minimum Gasteiger partial charge on any atom is -0.312 e. The van der Waals surface area contributed by atoms with Gasteiger partial charge in [0.2, 0.25) is 0 Å². The summed E-state index contributed by atoms with van der Waals surface area (Å²) in [5.74, 6) is 3.68. The number of hydrogen-bond acceptors (Lipinski definition) is 3. The number of likely N-dealkylation sites (tertiary alicyclic amines) is 1. The van der Waals surface area contributed by atoms with Gasteiger partial charge in [-0.05, 0) is 55.3 Å². The second kappa shape index (κ2) is 7.48. The molecule has 20 heavy (non-hydrogen) atoms. The highest BCUT2D eigenvalue weighted by Gasteiger charge is 2.23. The summed E-state index contributed by atoms with van der Waals surface area (Å²) < 4.78 is 0. The van der Waals surface area contributed by atoms with Gasteiger partial charge >= 0.3 is 0 Å². The molecule has 1 aromatic carbocycles. The predicted octanol–water partition coefficient (Wildman–Crippen LogP) is 2.65.